The summed E-state index contributed by atoms with van der Waals surface area (Å²) in [5, 5.41) is 10.7. The predicted octanol–water partition coefficient (Wildman–Crippen LogP) is 3.63. The fraction of sp³-hybridized carbons (Fsp3) is 0.250. The number of nitrogens with two attached hydrogens (primary N) is 1. The van der Waals surface area contributed by atoms with E-state index in [1.807, 2.05) is 35.2 Å². The van der Waals surface area contributed by atoms with Crippen LogP contribution in [0.1, 0.15) is 44.7 Å². The number of carbonyl (C=O) groups is 2. The Morgan fingerprint density at radius 3 is 2.29 bits per heavy atom. The van der Waals surface area contributed by atoms with Gasteiger partial charge in [-0.3, -0.25) is 15.0 Å². The largest absolute Gasteiger partial charge is 0.491 e. The number of ether oxygens (including phenoxy) is 1. The maximum absolute atomic E-state index is 13.0. The maximum atomic E-state index is 13.0. The van der Waals surface area contributed by atoms with Gasteiger partial charge in [-0.1, -0.05) is 42.5 Å². The van der Waals surface area contributed by atoms with Crippen LogP contribution in [0.25, 0.3) is 0 Å². The molecule has 3 aromatic rings. The molecule has 0 aromatic heterocycles. The van der Waals surface area contributed by atoms with Crippen molar-refractivity contribution in [2.75, 3.05) is 19.7 Å². The van der Waals surface area contributed by atoms with Crippen LogP contribution in [0.3, 0.4) is 0 Å². The standard InChI is InChI=1S/C28H30N4O3/c29-26(30)23-9-6-10-25(18-23)35-19-24(17-20-7-2-1-3-8-20)31-27(33)21-11-13-22(14-12-21)28(34)32-15-4-5-16-32/h1-3,6-14,18,24H,4-5,15-17,19H2,(H3,29,30)(H,31,33)/t24-/m1/s1. The highest BCUT2D eigenvalue weighted by Crippen LogP contribution is 2.16. The van der Waals surface area contributed by atoms with Gasteiger partial charge in [0.25, 0.3) is 11.8 Å². The average molecular weight is 471 g/mol. The van der Waals surface area contributed by atoms with E-state index in [0.29, 0.717) is 28.9 Å². The first-order chi connectivity index (χ1) is 17.0. The fourth-order valence-corrected chi connectivity index (χ4v) is 4.14. The Hall–Kier alpha value is -4.13. The Bertz CT molecular complexity index is 1170. The van der Waals surface area contributed by atoms with Crippen molar-refractivity contribution in [3.8, 4) is 5.75 Å². The molecule has 1 atom stereocenters. The van der Waals surface area contributed by atoms with Gasteiger partial charge in [0, 0.05) is 29.8 Å². The van der Waals surface area contributed by atoms with Crippen molar-refractivity contribution in [1.82, 2.24) is 10.2 Å². The van der Waals surface area contributed by atoms with Gasteiger partial charge >= 0.3 is 0 Å². The van der Waals surface area contributed by atoms with Gasteiger partial charge in [-0.25, -0.2) is 0 Å². The summed E-state index contributed by atoms with van der Waals surface area (Å²) in [7, 11) is 0. The molecule has 1 aliphatic heterocycles. The van der Waals surface area contributed by atoms with E-state index >= 15 is 0 Å². The van der Waals surface area contributed by atoms with Crippen molar-refractivity contribution >= 4 is 17.6 Å². The van der Waals surface area contributed by atoms with Crippen molar-refractivity contribution in [3.05, 3.63) is 101 Å². The molecule has 0 saturated carbocycles. The molecular weight excluding hydrogens is 440 g/mol. The normalized spacial score (nSPS) is 13.8. The van der Waals surface area contributed by atoms with Crippen molar-refractivity contribution in [3.63, 3.8) is 0 Å². The molecule has 0 spiro atoms. The molecule has 0 bridgehead atoms. The van der Waals surface area contributed by atoms with Gasteiger partial charge in [-0.15, -0.1) is 0 Å². The van der Waals surface area contributed by atoms with E-state index in [9.17, 15) is 9.59 Å². The van der Waals surface area contributed by atoms with Crippen LogP contribution in [0.15, 0.2) is 78.9 Å². The second-order valence-electron chi connectivity index (χ2n) is 8.69. The predicted molar refractivity (Wildman–Crippen MR) is 136 cm³/mol. The number of likely N-dealkylation sites (tertiary alicyclic amines) is 1. The molecule has 4 N–H and O–H groups in total. The molecule has 180 valence electrons. The molecular formula is C28H30N4O3. The van der Waals surface area contributed by atoms with E-state index in [-0.39, 0.29) is 30.3 Å². The van der Waals surface area contributed by atoms with Crippen LogP contribution in [0.2, 0.25) is 0 Å². The number of hydrogen-bond donors (Lipinski definition) is 3. The van der Waals surface area contributed by atoms with E-state index in [4.69, 9.17) is 15.9 Å². The first-order valence-corrected chi connectivity index (χ1v) is 11.8. The lowest BCUT2D eigenvalue weighted by atomic mass is 10.1. The zero-order valence-corrected chi connectivity index (χ0v) is 19.6. The van der Waals surface area contributed by atoms with Gasteiger partial charge in [-0.2, -0.15) is 0 Å². The molecule has 1 aliphatic rings. The van der Waals surface area contributed by atoms with Gasteiger partial charge in [0.2, 0.25) is 0 Å². The summed E-state index contributed by atoms with van der Waals surface area (Å²) in [4.78, 5) is 27.5. The monoisotopic (exact) mass is 470 g/mol. The highest BCUT2D eigenvalue weighted by molar-refractivity contribution is 5.98. The third kappa shape index (κ3) is 6.47. The summed E-state index contributed by atoms with van der Waals surface area (Å²) >= 11 is 0. The van der Waals surface area contributed by atoms with Crippen LogP contribution < -0.4 is 15.8 Å². The third-order valence-electron chi connectivity index (χ3n) is 6.04. The number of benzene rings is 3. The molecule has 4 rings (SSSR count). The van der Waals surface area contributed by atoms with Gasteiger partial charge in [0.05, 0.1) is 6.04 Å². The molecule has 7 nitrogen and oxygen atoms in total. The first kappa shape index (κ1) is 24.0. The first-order valence-electron chi connectivity index (χ1n) is 11.8. The zero-order chi connectivity index (χ0) is 24.6. The fourth-order valence-electron chi connectivity index (χ4n) is 4.14. The number of nitrogen functional groups attached to an aromatic ring is 1. The molecule has 3 aromatic carbocycles. The van der Waals surface area contributed by atoms with Gasteiger partial charge in [0.15, 0.2) is 0 Å². The van der Waals surface area contributed by atoms with E-state index in [2.05, 4.69) is 5.32 Å². The lowest BCUT2D eigenvalue weighted by Gasteiger charge is -2.20. The van der Waals surface area contributed by atoms with Crippen LogP contribution in [-0.4, -0.2) is 48.3 Å². The molecule has 0 aliphatic carbocycles. The quantitative estimate of drug-likeness (QED) is 0.328. The average Bonchev–Trinajstić information content (AvgIpc) is 3.43. The molecule has 2 amide bonds. The number of amidine groups is 1. The highest BCUT2D eigenvalue weighted by atomic mass is 16.5. The molecule has 35 heavy (non-hydrogen) atoms. The minimum absolute atomic E-state index is 0.0117. The molecule has 1 heterocycles. The van der Waals surface area contributed by atoms with E-state index in [1.54, 1.807) is 48.5 Å². The summed E-state index contributed by atoms with van der Waals surface area (Å²) in [6.45, 7) is 1.82. The van der Waals surface area contributed by atoms with E-state index in [1.165, 1.54) is 0 Å². The zero-order valence-electron chi connectivity index (χ0n) is 19.6. The SMILES string of the molecule is N=C(N)c1cccc(OC[C@@H](Cc2ccccc2)NC(=O)c2ccc(C(=O)N3CCCC3)cc2)c1. The number of rotatable bonds is 9. The van der Waals surface area contributed by atoms with E-state index < -0.39 is 0 Å². The Balaban J connectivity index is 1.43. The van der Waals surface area contributed by atoms with Crippen molar-refractivity contribution < 1.29 is 14.3 Å². The molecule has 1 fully saturated rings. The summed E-state index contributed by atoms with van der Waals surface area (Å²) < 4.78 is 5.96. The topological polar surface area (TPSA) is 109 Å². The number of hydrogen-bond acceptors (Lipinski definition) is 4. The van der Waals surface area contributed by atoms with Crippen LogP contribution in [-0.2, 0) is 6.42 Å². The Morgan fingerprint density at radius 1 is 0.914 bits per heavy atom. The number of nitrogens with zero attached hydrogens (tertiary/aromatic N) is 1. The van der Waals surface area contributed by atoms with Crippen LogP contribution in [0.4, 0.5) is 0 Å². The van der Waals surface area contributed by atoms with Gasteiger partial charge in [-0.05, 0) is 61.2 Å². The molecule has 0 unspecified atom stereocenters. The highest BCUT2D eigenvalue weighted by Gasteiger charge is 2.20. The minimum Gasteiger partial charge on any atom is -0.491 e. The Labute approximate surface area is 205 Å². The van der Waals surface area contributed by atoms with Crippen molar-refractivity contribution in [2.24, 2.45) is 5.73 Å². The second-order valence-corrected chi connectivity index (χ2v) is 8.69. The third-order valence-corrected chi connectivity index (χ3v) is 6.04. The van der Waals surface area contributed by atoms with E-state index in [0.717, 1.165) is 31.5 Å². The second kappa shape index (κ2) is 11.3. The lowest BCUT2D eigenvalue weighted by molar-refractivity contribution is 0.0791. The van der Waals surface area contributed by atoms with Crippen LogP contribution in [0.5, 0.6) is 5.75 Å². The summed E-state index contributed by atoms with van der Waals surface area (Å²) in [5.41, 5.74) is 8.32. The number of amides is 2. The minimum atomic E-state index is -0.295. The number of carbonyl (C=O) groups excluding carboxylic acids is 2. The summed E-state index contributed by atoms with van der Waals surface area (Å²) in [6, 6.07) is 23.4. The Morgan fingerprint density at radius 2 is 1.60 bits per heavy atom. The Kier molecular flexibility index (Phi) is 7.77. The van der Waals surface area contributed by atoms with Crippen molar-refractivity contribution in [1.29, 1.82) is 5.41 Å². The summed E-state index contributed by atoms with van der Waals surface area (Å²) in [5.74, 6) is 0.329. The van der Waals surface area contributed by atoms with Gasteiger partial charge in [0.1, 0.15) is 18.2 Å². The molecule has 1 saturated heterocycles. The lowest BCUT2D eigenvalue weighted by Crippen LogP contribution is -2.40. The smallest absolute Gasteiger partial charge is 0.253 e. The number of nitrogens with one attached hydrogen (secondary N) is 2. The van der Waals surface area contributed by atoms with Gasteiger partial charge < -0.3 is 20.7 Å². The molecule has 7 heteroatoms. The maximum Gasteiger partial charge on any atom is 0.253 e. The molecule has 0 radical (unpaired) electrons. The van der Waals surface area contributed by atoms with Crippen LogP contribution >= 0.6 is 0 Å². The summed E-state index contributed by atoms with van der Waals surface area (Å²) in [6.07, 6.45) is 2.66. The van der Waals surface area contributed by atoms with Crippen LogP contribution in [0, 0.1) is 5.41 Å². The van der Waals surface area contributed by atoms with Crippen molar-refractivity contribution in [2.45, 2.75) is 25.3 Å².